The highest BCUT2D eigenvalue weighted by Gasteiger charge is 2.45. The van der Waals surface area contributed by atoms with Crippen molar-refractivity contribution in [2.75, 3.05) is 0 Å². The lowest BCUT2D eigenvalue weighted by atomic mass is 9.77. The molecule has 0 saturated carbocycles. The minimum absolute atomic E-state index is 0.0628. The van der Waals surface area contributed by atoms with E-state index in [1.165, 1.54) is 30.6 Å². The van der Waals surface area contributed by atoms with Crippen LogP contribution in [0.2, 0.25) is 0 Å². The van der Waals surface area contributed by atoms with Gasteiger partial charge in [0.05, 0.1) is 17.5 Å². The van der Waals surface area contributed by atoms with Crippen molar-refractivity contribution in [2.45, 2.75) is 11.7 Å². The molecule has 0 fully saturated rings. The molecule has 0 amide bonds. The molecular formula is C24H15F4N5. The van der Waals surface area contributed by atoms with Crippen LogP contribution in [-0.4, -0.2) is 20.8 Å². The fourth-order valence-corrected chi connectivity index (χ4v) is 4.15. The summed E-state index contributed by atoms with van der Waals surface area (Å²) in [7, 11) is 0. The lowest BCUT2D eigenvalue weighted by molar-refractivity contribution is -0.141. The third-order valence-corrected chi connectivity index (χ3v) is 5.56. The number of rotatable bonds is 3. The van der Waals surface area contributed by atoms with Crippen LogP contribution in [0.25, 0.3) is 11.3 Å². The van der Waals surface area contributed by atoms with Gasteiger partial charge in [-0.25, -0.2) is 9.38 Å². The number of fused-ring (bicyclic) bond motifs is 1. The molecule has 0 radical (unpaired) electrons. The Kier molecular flexibility index (Phi) is 4.70. The summed E-state index contributed by atoms with van der Waals surface area (Å²) in [6.45, 7) is 0. The summed E-state index contributed by atoms with van der Waals surface area (Å²) in [5.41, 5.74) is 5.83. The molecule has 1 atom stereocenters. The van der Waals surface area contributed by atoms with Crippen LogP contribution in [0.5, 0.6) is 0 Å². The molecule has 5 nitrogen and oxygen atoms in total. The van der Waals surface area contributed by atoms with Crippen LogP contribution in [0.3, 0.4) is 0 Å². The van der Waals surface area contributed by atoms with Gasteiger partial charge in [-0.2, -0.15) is 13.2 Å². The van der Waals surface area contributed by atoms with Crippen molar-refractivity contribution in [3.63, 3.8) is 0 Å². The standard InChI is InChI=1S/C24H15F4N5/c25-18-6-2-5-17-21(18)22(29)33-23(17,16-7-8-32-20(12-16)24(26,27)28)15-4-1-3-14(11-15)19-13-30-9-10-31-19/h1-13H,(H2,29,33). The van der Waals surface area contributed by atoms with E-state index in [4.69, 9.17) is 5.73 Å². The van der Waals surface area contributed by atoms with Crippen molar-refractivity contribution >= 4 is 5.84 Å². The Hall–Kier alpha value is -4.14. The highest BCUT2D eigenvalue weighted by molar-refractivity contribution is 6.03. The van der Waals surface area contributed by atoms with Gasteiger partial charge in [0.2, 0.25) is 0 Å². The molecule has 0 aliphatic carbocycles. The number of aliphatic imine (C=N–C) groups is 1. The van der Waals surface area contributed by atoms with Crippen molar-refractivity contribution in [1.82, 2.24) is 15.0 Å². The first kappa shape index (κ1) is 20.7. The van der Waals surface area contributed by atoms with E-state index in [1.807, 2.05) is 0 Å². The van der Waals surface area contributed by atoms with E-state index in [1.54, 1.807) is 36.5 Å². The molecule has 2 N–H and O–H groups in total. The van der Waals surface area contributed by atoms with Gasteiger partial charge in [0, 0.05) is 29.7 Å². The Morgan fingerprint density at radius 1 is 0.848 bits per heavy atom. The molecule has 1 aliphatic heterocycles. The van der Waals surface area contributed by atoms with Crippen LogP contribution < -0.4 is 5.73 Å². The smallest absolute Gasteiger partial charge is 0.383 e. The van der Waals surface area contributed by atoms with E-state index in [-0.39, 0.29) is 17.0 Å². The number of benzene rings is 2. The summed E-state index contributed by atoms with van der Waals surface area (Å²) in [6.07, 6.45) is 1.03. The molecule has 3 heterocycles. The zero-order valence-electron chi connectivity index (χ0n) is 16.9. The maximum absolute atomic E-state index is 14.8. The van der Waals surface area contributed by atoms with Gasteiger partial charge in [0.25, 0.3) is 0 Å². The summed E-state index contributed by atoms with van der Waals surface area (Å²) in [4.78, 5) is 16.4. The lowest BCUT2D eigenvalue weighted by Gasteiger charge is -2.30. The van der Waals surface area contributed by atoms with E-state index in [0.717, 1.165) is 12.3 Å². The predicted octanol–water partition coefficient (Wildman–Crippen LogP) is 4.71. The zero-order chi connectivity index (χ0) is 23.2. The molecule has 2 aromatic carbocycles. The number of alkyl halides is 3. The fraction of sp³-hybridized carbons (Fsp3) is 0.0833. The number of hydrogen-bond acceptors (Lipinski definition) is 5. The fourth-order valence-electron chi connectivity index (χ4n) is 4.15. The highest BCUT2D eigenvalue weighted by atomic mass is 19.4. The molecule has 9 heteroatoms. The number of aromatic nitrogens is 3. The quantitative estimate of drug-likeness (QED) is 0.460. The minimum Gasteiger partial charge on any atom is -0.383 e. The third kappa shape index (κ3) is 3.32. The van der Waals surface area contributed by atoms with Crippen molar-refractivity contribution in [1.29, 1.82) is 0 Å². The number of amidine groups is 1. The summed E-state index contributed by atoms with van der Waals surface area (Å²) >= 11 is 0. The van der Waals surface area contributed by atoms with Crippen LogP contribution in [0.1, 0.15) is 27.9 Å². The highest BCUT2D eigenvalue weighted by Crippen LogP contribution is 2.47. The lowest BCUT2D eigenvalue weighted by Crippen LogP contribution is -2.26. The molecule has 1 aliphatic rings. The Labute approximate surface area is 185 Å². The second-order valence-electron chi connectivity index (χ2n) is 7.47. The first-order valence-corrected chi connectivity index (χ1v) is 9.86. The summed E-state index contributed by atoms with van der Waals surface area (Å²) in [6, 6.07) is 13.7. The molecule has 4 aromatic rings. The summed E-state index contributed by atoms with van der Waals surface area (Å²) in [5, 5.41) is 0. The second-order valence-corrected chi connectivity index (χ2v) is 7.47. The molecule has 2 aromatic heterocycles. The van der Waals surface area contributed by atoms with E-state index < -0.39 is 23.2 Å². The normalized spacial score (nSPS) is 17.5. The molecule has 1 unspecified atom stereocenters. The third-order valence-electron chi connectivity index (χ3n) is 5.56. The first-order valence-electron chi connectivity index (χ1n) is 9.86. The SMILES string of the molecule is NC1=NC(c2cccc(-c3cnccn3)c2)(c2ccnc(C(F)(F)F)c2)c2cccc(F)c21. The molecule has 0 spiro atoms. The molecule has 33 heavy (non-hydrogen) atoms. The predicted molar refractivity (Wildman–Crippen MR) is 114 cm³/mol. The Morgan fingerprint density at radius 3 is 2.39 bits per heavy atom. The second kappa shape index (κ2) is 7.47. The molecule has 5 rings (SSSR count). The molecule has 0 saturated heterocycles. The van der Waals surface area contributed by atoms with Crippen LogP contribution in [0.4, 0.5) is 17.6 Å². The number of nitrogens with two attached hydrogens (primary N) is 1. The van der Waals surface area contributed by atoms with Gasteiger partial charge in [-0.3, -0.25) is 15.0 Å². The van der Waals surface area contributed by atoms with Crippen LogP contribution in [-0.2, 0) is 11.7 Å². The van der Waals surface area contributed by atoms with Crippen LogP contribution >= 0.6 is 0 Å². The van der Waals surface area contributed by atoms with Gasteiger partial charge in [-0.15, -0.1) is 0 Å². The summed E-state index contributed by atoms with van der Waals surface area (Å²) < 4.78 is 55.3. The van der Waals surface area contributed by atoms with Gasteiger partial charge < -0.3 is 5.73 Å². The maximum Gasteiger partial charge on any atom is 0.433 e. The summed E-state index contributed by atoms with van der Waals surface area (Å²) in [5.74, 6) is -0.704. The molecular weight excluding hydrogens is 434 g/mol. The average molecular weight is 449 g/mol. The van der Waals surface area contributed by atoms with Gasteiger partial charge >= 0.3 is 6.18 Å². The largest absolute Gasteiger partial charge is 0.433 e. The van der Waals surface area contributed by atoms with Crippen molar-refractivity contribution < 1.29 is 17.6 Å². The van der Waals surface area contributed by atoms with Crippen LogP contribution in [0.15, 0.2) is 84.4 Å². The Balaban J connectivity index is 1.82. The molecule has 164 valence electrons. The monoisotopic (exact) mass is 449 g/mol. The average Bonchev–Trinajstić information content (AvgIpc) is 3.14. The van der Waals surface area contributed by atoms with E-state index >= 15 is 0 Å². The van der Waals surface area contributed by atoms with E-state index in [0.29, 0.717) is 22.4 Å². The molecule has 0 bridgehead atoms. The van der Waals surface area contributed by atoms with Crippen LogP contribution in [0, 0.1) is 5.82 Å². The minimum atomic E-state index is -4.67. The maximum atomic E-state index is 14.8. The van der Waals surface area contributed by atoms with Gasteiger partial charge in [-0.05, 0) is 35.4 Å². The number of pyridine rings is 1. The van der Waals surface area contributed by atoms with E-state index in [2.05, 4.69) is 19.9 Å². The van der Waals surface area contributed by atoms with Gasteiger partial charge in [0.1, 0.15) is 22.9 Å². The van der Waals surface area contributed by atoms with Gasteiger partial charge in [0.15, 0.2) is 0 Å². The van der Waals surface area contributed by atoms with Crippen molar-refractivity contribution in [2.24, 2.45) is 10.7 Å². The topological polar surface area (TPSA) is 77.0 Å². The van der Waals surface area contributed by atoms with Crippen molar-refractivity contribution in [3.05, 3.63) is 113 Å². The Bertz CT molecular complexity index is 1390. The zero-order valence-corrected chi connectivity index (χ0v) is 16.9. The van der Waals surface area contributed by atoms with Gasteiger partial charge in [-0.1, -0.05) is 30.3 Å². The number of hydrogen-bond donors (Lipinski definition) is 1. The number of nitrogens with zero attached hydrogens (tertiary/aromatic N) is 4. The van der Waals surface area contributed by atoms with Crippen molar-refractivity contribution in [3.8, 4) is 11.3 Å². The van der Waals surface area contributed by atoms with E-state index in [9.17, 15) is 17.6 Å². The number of halogens is 4. The first-order chi connectivity index (χ1) is 15.8. The Morgan fingerprint density at radius 2 is 1.64 bits per heavy atom.